The molecule has 1 aromatic rings. The summed E-state index contributed by atoms with van der Waals surface area (Å²) >= 11 is 0. The SMILES string of the molecule is C=C(C)Cc1ccc(CC2N(CC(=O)OC)CN(CC(=C)OC)CN2CC(=O)OC)cc1. The minimum Gasteiger partial charge on any atom is -0.500 e. The molecule has 1 saturated heterocycles. The molecule has 8 heteroatoms. The first-order chi connectivity index (χ1) is 15.2. The van der Waals surface area contributed by atoms with Crippen LogP contribution < -0.4 is 0 Å². The molecule has 1 aliphatic heterocycles. The maximum absolute atomic E-state index is 12.2. The van der Waals surface area contributed by atoms with Crippen LogP contribution in [0.15, 0.2) is 48.8 Å². The van der Waals surface area contributed by atoms with Crippen molar-refractivity contribution in [3.63, 3.8) is 0 Å². The van der Waals surface area contributed by atoms with Crippen molar-refractivity contribution in [2.75, 3.05) is 54.3 Å². The van der Waals surface area contributed by atoms with E-state index in [9.17, 15) is 9.59 Å². The minimum absolute atomic E-state index is 0.0997. The number of hydrogen-bond donors (Lipinski definition) is 0. The Morgan fingerprint density at radius 2 is 1.38 bits per heavy atom. The summed E-state index contributed by atoms with van der Waals surface area (Å²) in [6.45, 7) is 11.6. The van der Waals surface area contributed by atoms with E-state index in [2.05, 4.69) is 42.3 Å². The van der Waals surface area contributed by atoms with Crippen molar-refractivity contribution in [3.8, 4) is 0 Å². The second-order valence-corrected chi connectivity index (χ2v) is 8.14. The van der Waals surface area contributed by atoms with Gasteiger partial charge in [-0.2, -0.15) is 0 Å². The van der Waals surface area contributed by atoms with Gasteiger partial charge in [0.05, 0.1) is 60.5 Å². The van der Waals surface area contributed by atoms with E-state index < -0.39 is 0 Å². The zero-order valence-electron chi connectivity index (χ0n) is 19.6. The first kappa shape index (κ1) is 25.6. The van der Waals surface area contributed by atoms with Crippen LogP contribution in [0.3, 0.4) is 0 Å². The third-order valence-electron chi connectivity index (χ3n) is 5.36. The fraction of sp³-hybridized carbons (Fsp3) is 0.500. The summed E-state index contributed by atoms with van der Waals surface area (Å²) in [6, 6.07) is 8.36. The number of carbonyl (C=O) groups excluding carboxylic acids is 2. The molecule has 8 nitrogen and oxygen atoms in total. The number of hydrogen-bond acceptors (Lipinski definition) is 8. The Morgan fingerprint density at radius 3 is 1.81 bits per heavy atom. The molecular weight excluding hydrogens is 410 g/mol. The smallest absolute Gasteiger partial charge is 0.319 e. The molecule has 2 rings (SSSR count). The van der Waals surface area contributed by atoms with Crippen LogP contribution in [0, 0.1) is 0 Å². The van der Waals surface area contributed by atoms with Gasteiger partial charge in [-0.15, -0.1) is 0 Å². The summed E-state index contributed by atoms with van der Waals surface area (Å²) in [6.07, 6.45) is 1.29. The molecule has 0 amide bonds. The maximum Gasteiger partial charge on any atom is 0.319 e. The Morgan fingerprint density at radius 1 is 0.875 bits per heavy atom. The lowest BCUT2D eigenvalue weighted by molar-refractivity contribution is -0.155. The van der Waals surface area contributed by atoms with Crippen molar-refractivity contribution in [2.45, 2.75) is 25.9 Å². The van der Waals surface area contributed by atoms with Crippen molar-refractivity contribution in [2.24, 2.45) is 0 Å². The van der Waals surface area contributed by atoms with Crippen molar-refractivity contribution < 1.29 is 23.8 Å². The van der Waals surface area contributed by atoms with Gasteiger partial charge in [-0.25, -0.2) is 0 Å². The Bertz CT molecular complexity index is 780. The minimum atomic E-state index is -0.336. The number of carbonyl (C=O) groups is 2. The molecule has 1 heterocycles. The van der Waals surface area contributed by atoms with Crippen LogP contribution in [-0.4, -0.2) is 87.1 Å². The van der Waals surface area contributed by atoms with Gasteiger partial charge in [-0.05, 0) is 24.5 Å². The second kappa shape index (κ2) is 12.4. The van der Waals surface area contributed by atoms with Crippen LogP contribution in [-0.2, 0) is 36.6 Å². The largest absolute Gasteiger partial charge is 0.500 e. The zero-order chi connectivity index (χ0) is 23.7. The highest BCUT2D eigenvalue weighted by Gasteiger charge is 2.35. The standard InChI is InChI=1S/C24H35N3O5/c1-18(2)11-20-7-9-21(10-8-20)12-22-26(14-23(28)31-5)16-25(13-19(3)30-4)17-27(22)15-24(29)32-6/h7-10,22H,1,3,11-17H2,2,4-6H3. The van der Waals surface area contributed by atoms with Gasteiger partial charge in [0, 0.05) is 6.42 Å². The number of esters is 2. The summed E-state index contributed by atoms with van der Waals surface area (Å²) in [5.74, 6) is -0.0675. The fourth-order valence-electron chi connectivity index (χ4n) is 3.77. The van der Waals surface area contributed by atoms with Gasteiger partial charge in [0.2, 0.25) is 0 Å². The molecule has 0 aliphatic carbocycles. The van der Waals surface area contributed by atoms with Gasteiger partial charge in [0.1, 0.15) is 5.76 Å². The molecule has 32 heavy (non-hydrogen) atoms. The van der Waals surface area contributed by atoms with Gasteiger partial charge < -0.3 is 14.2 Å². The van der Waals surface area contributed by atoms with Crippen LogP contribution in [0.1, 0.15) is 18.1 Å². The molecule has 0 atom stereocenters. The van der Waals surface area contributed by atoms with Gasteiger partial charge in [-0.3, -0.25) is 24.3 Å². The van der Waals surface area contributed by atoms with Crippen molar-refractivity contribution in [1.29, 1.82) is 0 Å². The van der Waals surface area contributed by atoms with Gasteiger partial charge in [0.15, 0.2) is 0 Å². The Hall–Kier alpha value is -2.68. The van der Waals surface area contributed by atoms with Crippen molar-refractivity contribution >= 4 is 11.9 Å². The molecular formula is C24H35N3O5. The number of allylic oxidation sites excluding steroid dienone is 1. The highest BCUT2D eigenvalue weighted by Crippen LogP contribution is 2.21. The molecule has 0 spiro atoms. The Kier molecular flexibility index (Phi) is 9.90. The molecule has 1 aromatic carbocycles. The average Bonchev–Trinajstić information content (AvgIpc) is 2.76. The lowest BCUT2D eigenvalue weighted by Crippen LogP contribution is -2.63. The Labute approximate surface area is 191 Å². The number of benzene rings is 1. The molecule has 1 fully saturated rings. The number of nitrogens with zero attached hydrogens (tertiary/aromatic N) is 3. The number of methoxy groups -OCH3 is 3. The van der Waals surface area contributed by atoms with Gasteiger partial charge in [-0.1, -0.05) is 43.0 Å². The summed E-state index contributed by atoms with van der Waals surface area (Å²) in [7, 11) is 4.32. The highest BCUT2D eigenvalue weighted by molar-refractivity contribution is 5.72. The molecule has 0 unspecified atom stereocenters. The molecule has 0 bridgehead atoms. The first-order valence-corrected chi connectivity index (χ1v) is 10.5. The lowest BCUT2D eigenvalue weighted by atomic mass is 10.0. The quantitative estimate of drug-likeness (QED) is 0.291. The average molecular weight is 446 g/mol. The van der Waals surface area contributed by atoms with E-state index in [1.165, 1.54) is 19.8 Å². The monoisotopic (exact) mass is 445 g/mol. The topological polar surface area (TPSA) is 71.6 Å². The zero-order valence-corrected chi connectivity index (χ0v) is 19.6. The van der Waals surface area contributed by atoms with Crippen LogP contribution in [0.2, 0.25) is 0 Å². The highest BCUT2D eigenvalue weighted by atomic mass is 16.5. The third kappa shape index (κ3) is 7.78. The first-order valence-electron chi connectivity index (χ1n) is 10.5. The van der Waals surface area contributed by atoms with Crippen molar-refractivity contribution in [1.82, 2.24) is 14.7 Å². The second-order valence-electron chi connectivity index (χ2n) is 8.14. The predicted octanol–water partition coefficient (Wildman–Crippen LogP) is 2.01. The Balaban J connectivity index is 2.28. The molecule has 1 aliphatic rings. The van der Waals surface area contributed by atoms with Crippen LogP contribution in [0.25, 0.3) is 0 Å². The fourth-order valence-corrected chi connectivity index (χ4v) is 3.77. The van der Waals surface area contributed by atoms with Crippen LogP contribution >= 0.6 is 0 Å². The van der Waals surface area contributed by atoms with Gasteiger partial charge in [0.25, 0.3) is 0 Å². The van der Waals surface area contributed by atoms with Crippen LogP contribution in [0.5, 0.6) is 0 Å². The molecule has 0 saturated carbocycles. The maximum atomic E-state index is 12.2. The summed E-state index contributed by atoms with van der Waals surface area (Å²) in [5.41, 5.74) is 3.42. The van der Waals surface area contributed by atoms with Gasteiger partial charge >= 0.3 is 11.9 Å². The van der Waals surface area contributed by atoms with E-state index >= 15 is 0 Å². The van der Waals surface area contributed by atoms with Crippen molar-refractivity contribution in [3.05, 3.63) is 59.9 Å². The van der Waals surface area contributed by atoms with Crippen LogP contribution in [0.4, 0.5) is 0 Å². The van der Waals surface area contributed by atoms with E-state index in [4.69, 9.17) is 14.2 Å². The normalized spacial score (nSPS) is 15.9. The summed E-state index contributed by atoms with van der Waals surface area (Å²) in [5, 5.41) is 0. The molecule has 0 aromatic heterocycles. The molecule has 0 radical (unpaired) electrons. The van der Waals surface area contributed by atoms with E-state index in [0.717, 1.165) is 17.6 Å². The van der Waals surface area contributed by atoms with E-state index in [-0.39, 0.29) is 31.2 Å². The number of ether oxygens (including phenoxy) is 3. The summed E-state index contributed by atoms with van der Waals surface area (Å²) < 4.78 is 15.1. The predicted molar refractivity (Wildman–Crippen MR) is 122 cm³/mol. The third-order valence-corrected chi connectivity index (χ3v) is 5.36. The lowest BCUT2D eigenvalue weighted by Gasteiger charge is -2.47. The summed E-state index contributed by atoms with van der Waals surface area (Å²) in [4.78, 5) is 30.4. The molecule has 176 valence electrons. The number of rotatable bonds is 11. The van der Waals surface area contributed by atoms with E-state index in [1.807, 2.05) is 16.7 Å². The molecule has 0 N–H and O–H groups in total. The van der Waals surface area contributed by atoms with E-state index in [0.29, 0.717) is 32.1 Å². The van der Waals surface area contributed by atoms with E-state index in [1.54, 1.807) is 7.11 Å².